The summed E-state index contributed by atoms with van der Waals surface area (Å²) in [5, 5.41) is 3.24. The summed E-state index contributed by atoms with van der Waals surface area (Å²) in [7, 11) is -3.55. The van der Waals surface area contributed by atoms with Crippen LogP contribution in [0.4, 0.5) is 10.1 Å². The van der Waals surface area contributed by atoms with Crippen molar-refractivity contribution in [3.63, 3.8) is 0 Å². The van der Waals surface area contributed by atoms with Crippen LogP contribution < -0.4 is 11.1 Å². The van der Waals surface area contributed by atoms with E-state index in [1.165, 1.54) is 6.07 Å². The number of nitrogens with zero attached hydrogens (tertiary/aromatic N) is 1. The average molecular weight is 364 g/mol. The van der Waals surface area contributed by atoms with E-state index < -0.39 is 10.0 Å². The third-order valence-corrected chi connectivity index (χ3v) is 6.56. The number of piperazine rings is 1. The van der Waals surface area contributed by atoms with Crippen molar-refractivity contribution >= 4 is 15.7 Å². The number of nitrogens with one attached hydrogen (secondary N) is 1. The SMILES string of the molecule is [NH3+]c1cccc(F)c1CC[C@H]1CNCCN1S(=O)(=O)c1ccccc1. The molecule has 1 aliphatic rings. The van der Waals surface area contributed by atoms with E-state index in [2.05, 4.69) is 11.1 Å². The second-order valence-electron chi connectivity index (χ2n) is 6.20. The van der Waals surface area contributed by atoms with E-state index in [-0.39, 0.29) is 11.9 Å². The van der Waals surface area contributed by atoms with Gasteiger partial charge in [-0.1, -0.05) is 24.3 Å². The molecule has 1 heterocycles. The number of rotatable bonds is 5. The standard InChI is InChI=1S/C18H22FN3O2S/c19-17-7-4-8-18(20)16(17)10-9-14-13-21-11-12-22(14)25(23,24)15-5-2-1-3-6-15/h1-8,14,21H,9-13,20H2/p+1/t14-/m0/s1. The Balaban J connectivity index is 1.80. The van der Waals surface area contributed by atoms with Gasteiger partial charge in [0.25, 0.3) is 0 Å². The number of benzene rings is 2. The first-order valence-electron chi connectivity index (χ1n) is 8.37. The lowest BCUT2D eigenvalue weighted by molar-refractivity contribution is -0.256. The summed E-state index contributed by atoms with van der Waals surface area (Å²) in [5.41, 5.74) is 5.09. The van der Waals surface area contributed by atoms with Gasteiger partial charge in [-0.2, -0.15) is 4.31 Å². The average Bonchev–Trinajstić information content (AvgIpc) is 2.62. The summed E-state index contributed by atoms with van der Waals surface area (Å²) in [6.07, 6.45) is 1.00. The maximum absolute atomic E-state index is 14.0. The molecule has 7 heteroatoms. The van der Waals surface area contributed by atoms with Crippen molar-refractivity contribution in [2.24, 2.45) is 0 Å². The fourth-order valence-corrected chi connectivity index (χ4v) is 4.90. The fourth-order valence-electron chi connectivity index (χ4n) is 3.23. The highest BCUT2D eigenvalue weighted by Gasteiger charge is 2.33. The first-order chi connectivity index (χ1) is 12.0. The Morgan fingerprint density at radius 1 is 1.16 bits per heavy atom. The maximum atomic E-state index is 14.0. The summed E-state index contributed by atoms with van der Waals surface area (Å²) in [5.74, 6) is -0.284. The minimum Gasteiger partial charge on any atom is -0.325 e. The third-order valence-electron chi connectivity index (χ3n) is 4.59. The quantitative estimate of drug-likeness (QED) is 0.839. The number of hydrogen-bond donors (Lipinski definition) is 2. The zero-order valence-corrected chi connectivity index (χ0v) is 14.8. The monoisotopic (exact) mass is 364 g/mol. The van der Waals surface area contributed by atoms with Crippen LogP contribution >= 0.6 is 0 Å². The van der Waals surface area contributed by atoms with Gasteiger partial charge in [0.2, 0.25) is 10.0 Å². The van der Waals surface area contributed by atoms with Gasteiger partial charge < -0.3 is 11.1 Å². The normalized spacial score (nSPS) is 19.0. The zero-order valence-electron chi connectivity index (χ0n) is 14.0. The smallest absolute Gasteiger partial charge is 0.243 e. The van der Waals surface area contributed by atoms with E-state index in [1.807, 2.05) is 0 Å². The van der Waals surface area contributed by atoms with E-state index >= 15 is 0 Å². The number of hydrogen-bond acceptors (Lipinski definition) is 3. The van der Waals surface area contributed by atoms with Crippen molar-refractivity contribution in [3.8, 4) is 0 Å². The summed E-state index contributed by atoms with van der Waals surface area (Å²) < 4.78 is 41.5. The minimum absolute atomic E-state index is 0.210. The number of halogens is 1. The highest BCUT2D eigenvalue weighted by Crippen LogP contribution is 2.23. The van der Waals surface area contributed by atoms with Crippen molar-refractivity contribution in [1.29, 1.82) is 0 Å². The van der Waals surface area contributed by atoms with Crippen LogP contribution in [0.25, 0.3) is 0 Å². The topological polar surface area (TPSA) is 77.1 Å². The van der Waals surface area contributed by atoms with E-state index in [4.69, 9.17) is 0 Å². The molecule has 1 saturated heterocycles. The predicted molar refractivity (Wildman–Crippen MR) is 94.3 cm³/mol. The number of sulfonamides is 1. The van der Waals surface area contributed by atoms with Crippen LogP contribution in [0.15, 0.2) is 53.4 Å². The van der Waals surface area contributed by atoms with E-state index in [0.29, 0.717) is 48.6 Å². The Morgan fingerprint density at radius 3 is 2.64 bits per heavy atom. The molecule has 0 bridgehead atoms. The molecule has 5 nitrogen and oxygen atoms in total. The van der Waals surface area contributed by atoms with Gasteiger partial charge in [0.15, 0.2) is 0 Å². The Hall–Kier alpha value is -1.80. The van der Waals surface area contributed by atoms with Gasteiger partial charge in [-0.15, -0.1) is 0 Å². The van der Waals surface area contributed by atoms with Crippen LogP contribution in [0, 0.1) is 5.82 Å². The Labute approximate surface area is 147 Å². The largest absolute Gasteiger partial charge is 0.325 e. The second kappa shape index (κ2) is 7.61. The molecule has 3 rings (SSSR count). The molecule has 1 aliphatic heterocycles. The van der Waals surface area contributed by atoms with Gasteiger partial charge in [0.05, 0.1) is 4.90 Å². The minimum atomic E-state index is -3.55. The van der Waals surface area contributed by atoms with Crippen LogP contribution in [0.3, 0.4) is 0 Å². The van der Waals surface area contributed by atoms with Gasteiger partial charge in [-0.25, -0.2) is 12.8 Å². The molecule has 1 fully saturated rings. The Kier molecular flexibility index (Phi) is 5.48. The van der Waals surface area contributed by atoms with Gasteiger partial charge in [-0.3, -0.25) is 0 Å². The van der Waals surface area contributed by atoms with Crippen molar-refractivity contribution in [2.45, 2.75) is 23.8 Å². The molecule has 25 heavy (non-hydrogen) atoms. The summed E-state index contributed by atoms with van der Waals surface area (Å²) in [6, 6.07) is 13.1. The van der Waals surface area contributed by atoms with Gasteiger partial charge >= 0.3 is 0 Å². The summed E-state index contributed by atoms with van der Waals surface area (Å²) >= 11 is 0. The molecule has 0 aliphatic carbocycles. The molecule has 1 atom stereocenters. The molecule has 2 aromatic rings. The molecule has 2 aromatic carbocycles. The van der Waals surface area contributed by atoms with E-state index in [1.54, 1.807) is 46.8 Å². The number of quaternary nitrogens is 1. The van der Waals surface area contributed by atoms with Crippen LogP contribution in [0.5, 0.6) is 0 Å². The maximum Gasteiger partial charge on any atom is 0.243 e. The molecular formula is C18H23FN3O2S+. The van der Waals surface area contributed by atoms with Gasteiger partial charge in [0.1, 0.15) is 11.5 Å². The molecule has 0 unspecified atom stereocenters. The first kappa shape index (κ1) is 18.0. The summed E-state index contributed by atoms with van der Waals surface area (Å²) in [6.45, 7) is 1.59. The lowest BCUT2D eigenvalue weighted by Crippen LogP contribution is -2.53. The van der Waals surface area contributed by atoms with Crippen LogP contribution in [-0.2, 0) is 16.4 Å². The lowest BCUT2D eigenvalue weighted by Gasteiger charge is -2.35. The first-order valence-corrected chi connectivity index (χ1v) is 9.81. The van der Waals surface area contributed by atoms with E-state index in [0.717, 1.165) is 0 Å². The van der Waals surface area contributed by atoms with Crippen molar-refractivity contribution in [1.82, 2.24) is 9.62 Å². The molecule has 0 radical (unpaired) electrons. The molecule has 0 amide bonds. The van der Waals surface area contributed by atoms with Crippen molar-refractivity contribution in [2.75, 3.05) is 19.6 Å². The van der Waals surface area contributed by atoms with Gasteiger partial charge in [0, 0.05) is 31.2 Å². The molecule has 0 aromatic heterocycles. The highest BCUT2D eigenvalue weighted by atomic mass is 32.2. The molecule has 0 spiro atoms. The van der Waals surface area contributed by atoms with Crippen molar-refractivity contribution in [3.05, 3.63) is 59.9 Å². The summed E-state index contributed by atoms with van der Waals surface area (Å²) in [4.78, 5) is 0.297. The molecule has 4 N–H and O–H groups in total. The predicted octanol–water partition coefficient (Wildman–Crippen LogP) is 1.29. The highest BCUT2D eigenvalue weighted by molar-refractivity contribution is 7.89. The second-order valence-corrected chi connectivity index (χ2v) is 8.09. The third kappa shape index (κ3) is 3.90. The zero-order chi connectivity index (χ0) is 17.9. The van der Waals surface area contributed by atoms with Crippen LogP contribution in [0.1, 0.15) is 12.0 Å². The Bertz CT molecular complexity index is 807. The lowest BCUT2D eigenvalue weighted by atomic mass is 10.0. The van der Waals surface area contributed by atoms with Crippen LogP contribution in [-0.4, -0.2) is 38.4 Å². The molecule has 0 saturated carbocycles. The fraction of sp³-hybridized carbons (Fsp3) is 0.333. The molecular weight excluding hydrogens is 341 g/mol. The van der Waals surface area contributed by atoms with Crippen molar-refractivity contribution < 1.29 is 18.5 Å². The van der Waals surface area contributed by atoms with E-state index in [9.17, 15) is 12.8 Å². The van der Waals surface area contributed by atoms with Gasteiger partial charge in [-0.05, 0) is 37.1 Å². The molecule has 134 valence electrons. The van der Waals surface area contributed by atoms with Crippen LogP contribution in [0.2, 0.25) is 0 Å². The Morgan fingerprint density at radius 2 is 1.92 bits per heavy atom.